The van der Waals surface area contributed by atoms with Gasteiger partial charge in [0.05, 0.1) is 6.04 Å². The zero-order valence-electron chi connectivity index (χ0n) is 17.2. The summed E-state index contributed by atoms with van der Waals surface area (Å²) in [5.74, 6) is -1.53. The third-order valence-electron chi connectivity index (χ3n) is 4.98. The molecule has 30 heavy (non-hydrogen) atoms. The molecule has 0 heterocycles. The van der Waals surface area contributed by atoms with Gasteiger partial charge in [0.25, 0.3) is 5.91 Å². The number of esters is 1. The maximum absolute atomic E-state index is 12.7. The Balaban J connectivity index is 1.67. The Hall–Kier alpha value is -3.41. The first kappa shape index (κ1) is 21.3. The maximum Gasteiger partial charge on any atom is 0.355 e. The molecule has 2 aromatic rings. The quantitative estimate of drug-likeness (QED) is 0.570. The van der Waals surface area contributed by atoms with E-state index in [9.17, 15) is 14.4 Å². The predicted octanol–water partition coefficient (Wildman–Crippen LogP) is 3.29. The maximum atomic E-state index is 12.7. The lowest BCUT2D eigenvalue weighted by Gasteiger charge is -2.27. The summed E-state index contributed by atoms with van der Waals surface area (Å²) in [7, 11) is 0. The number of carbonyl (C=O) groups excluding carboxylic acids is 3. The van der Waals surface area contributed by atoms with Crippen LogP contribution in [0.15, 0.2) is 60.3 Å². The largest absolute Gasteiger partial charge is 0.448 e. The summed E-state index contributed by atoms with van der Waals surface area (Å²) in [4.78, 5) is 36.8. The van der Waals surface area contributed by atoms with Crippen molar-refractivity contribution < 1.29 is 19.1 Å². The van der Waals surface area contributed by atoms with Crippen molar-refractivity contribution in [3.63, 3.8) is 0 Å². The van der Waals surface area contributed by atoms with Crippen LogP contribution in [0.25, 0.3) is 6.08 Å². The third kappa shape index (κ3) is 5.56. The third-order valence-corrected chi connectivity index (χ3v) is 4.98. The van der Waals surface area contributed by atoms with Gasteiger partial charge in [-0.3, -0.25) is 9.59 Å². The van der Waals surface area contributed by atoms with Crippen LogP contribution in [0.4, 0.5) is 0 Å². The molecule has 0 aromatic heterocycles. The fourth-order valence-corrected chi connectivity index (χ4v) is 3.52. The lowest BCUT2D eigenvalue weighted by Crippen LogP contribution is -2.40. The van der Waals surface area contributed by atoms with Gasteiger partial charge in [-0.25, -0.2) is 4.79 Å². The van der Waals surface area contributed by atoms with Crippen LogP contribution in [0.5, 0.6) is 0 Å². The zero-order chi connectivity index (χ0) is 21.5. The molecule has 2 aromatic carbocycles. The van der Waals surface area contributed by atoms with Crippen LogP contribution in [0, 0.1) is 0 Å². The zero-order valence-corrected chi connectivity index (χ0v) is 17.2. The van der Waals surface area contributed by atoms with E-state index in [0.717, 1.165) is 30.4 Å². The molecule has 0 unspecified atom stereocenters. The standard InChI is InChI=1S/C24H26N2O4/c1-16(23(28)26-21-14-8-12-19-11-6-7-13-20(19)21)30-24(29)22(25-17(2)27)15-18-9-4-3-5-10-18/h3-7,9-11,13,15-16,21H,8,12,14H2,1-2H3,(H,25,27)(H,26,28)/b22-15-/t16-,21-/m0/s1. The second kappa shape index (κ2) is 9.87. The lowest BCUT2D eigenvalue weighted by molar-refractivity contribution is -0.152. The van der Waals surface area contributed by atoms with Crippen LogP contribution < -0.4 is 10.6 Å². The molecule has 0 radical (unpaired) electrons. The van der Waals surface area contributed by atoms with E-state index in [1.807, 2.05) is 36.4 Å². The Bertz CT molecular complexity index is 953. The van der Waals surface area contributed by atoms with Gasteiger partial charge in [0.2, 0.25) is 5.91 Å². The van der Waals surface area contributed by atoms with Crippen LogP contribution in [0.1, 0.15) is 49.4 Å². The molecule has 6 nitrogen and oxygen atoms in total. The average molecular weight is 406 g/mol. The first-order chi connectivity index (χ1) is 14.4. The topological polar surface area (TPSA) is 84.5 Å². The van der Waals surface area contributed by atoms with Gasteiger partial charge in [-0.2, -0.15) is 0 Å². The highest BCUT2D eigenvalue weighted by molar-refractivity contribution is 5.98. The van der Waals surface area contributed by atoms with Crippen molar-refractivity contribution in [1.82, 2.24) is 10.6 Å². The summed E-state index contributed by atoms with van der Waals surface area (Å²) in [6, 6.07) is 17.0. The minimum atomic E-state index is -1.00. The van der Waals surface area contributed by atoms with Crippen LogP contribution in [-0.4, -0.2) is 23.9 Å². The fraction of sp³-hybridized carbons (Fsp3) is 0.292. The van der Waals surface area contributed by atoms with E-state index in [4.69, 9.17) is 4.74 Å². The van der Waals surface area contributed by atoms with Crippen molar-refractivity contribution in [3.8, 4) is 0 Å². The molecule has 2 atom stereocenters. The summed E-state index contributed by atoms with van der Waals surface area (Å²) < 4.78 is 5.34. The van der Waals surface area contributed by atoms with E-state index in [1.165, 1.54) is 25.5 Å². The van der Waals surface area contributed by atoms with Gasteiger partial charge in [0.1, 0.15) is 5.70 Å². The Morgan fingerprint density at radius 1 is 1.07 bits per heavy atom. The Labute approximate surface area is 176 Å². The molecule has 2 amide bonds. The molecule has 1 aliphatic rings. The minimum absolute atomic E-state index is 0.0173. The molecule has 156 valence electrons. The van der Waals surface area contributed by atoms with Crippen molar-refractivity contribution >= 4 is 23.9 Å². The number of carbonyl (C=O) groups is 3. The molecule has 3 rings (SSSR count). The number of fused-ring (bicyclic) bond motifs is 1. The van der Waals surface area contributed by atoms with Crippen molar-refractivity contribution in [2.75, 3.05) is 0 Å². The molecule has 2 N–H and O–H groups in total. The number of ether oxygens (including phenoxy) is 1. The Morgan fingerprint density at radius 2 is 1.77 bits per heavy atom. The molecular formula is C24H26N2O4. The molecule has 6 heteroatoms. The minimum Gasteiger partial charge on any atom is -0.448 e. The number of amides is 2. The van der Waals surface area contributed by atoms with Crippen LogP contribution >= 0.6 is 0 Å². The Kier molecular flexibility index (Phi) is 7.01. The molecule has 0 aliphatic heterocycles. The fourth-order valence-electron chi connectivity index (χ4n) is 3.52. The van der Waals surface area contributed by atoms with Gasteiger partial charge in [-0.1, -0.05) is 54.6 Å². The summed E-state index contributed by atoms with van der Waals surface area (Å²) in [6.07, 6.45) is 3.35. The van der Waals surface area contributed by atoms with E-state index in [2.05, 4.69) is 16.7 Å². The van der Waals surface area contributed by atoms with Crippen molar-refractivity contribution in [2.45, 2.75) is 45.3 Å². The highest BCUT2D eigenvalue weighted by Gasteiger charge is 2.26. The summed E-state index contributed by atoms with van der Waals surface area (Å²) in [5, 5.41) is 5.47. The Morgan fingerprint density at radius 3 is 2.50 bits per heavy atom. The number of rotatable bonds is 6. The van der Waals surface area contributed by atoms with Crippen LogP contribution in [-0.2, 0) is 25.5 Å². The first-order valence-corrected chi connectivity index (χ1v) is 10.1. The van der Waals surface area contributed by atoms with Crippen molar-refractivity contribution in [2.24, 2.45) is 0 Å². The molecular weight excluding hydrogens is 380 g/mol. The summed E-state index contributed by atoms with van der Waals surface area (Å²) in [5.41, 5.74) is 3.06. The van der Waals surface area contributed by atoms with Crippen LogP contribution in [0.3, 0.4) is 0 Å². The van der Waals surface area contributed by atoms with Gasteiger partial charge in [0, 0.05) is 6.92 Å². The van der Waals surface area contributed by atoms with Crippen molar-refractivity contribution in [3.05, 3.63) is 77.0 Å². The van der Waals surface area contributed by atoms with E-state index in [-0.39, 0.29) is 17.6 Å². The van der Waals surface area contributed by atoms with E-state index in [0.29, 0.717) is 0 Å². The smallest absolute Gasteiger partial charge is 0.355 e. The number of hydrogen-bond acceptors (Lipinski definition) is 4. The van der Waals surface area contributed by atoms with Gasteiger partial charge in [0.15, 0.2) is 6.10 Å². The van der Waals surface area contributed by atoms with Crippen LogP contribution in [0.2, 0.25) is 0 Å². The lowest BCUT2D eigenvalue weighted by atomic mass is 9.87. The van der Waals surface area contributed by atoms with E-state index < -0.39 is 18.0 Å². The number of aryl methyl sites for hydroxylation is 1. The SMILES string of the molecule is CC(=O)N/C(=C\c1ccccc1)C(=O)O[C@@H](C)C(=O)N[C@H]1CCCc2ccccc21. The van der Waals surface area contributed by atoms with E-state index >= 15 is 0 Å². The molecule has 0 saturated heterocycles. The first-order valence-electron chi connectivity index (χ1n) is 10.1. The molecule has 1 aliphatic carbocycles. The molecule has 0 bridgehead atoms. The summed E-state index contributed by atoms with van der Waals surface area (Å²) in [6.45, 7) is 2.83. The average Bonchev–Trinajstić information content (AvgIpc) is 2.74. The van der Waals surface area contributed by atoms with Gasteiger partial charge >= 0.3 is 5.97 Å². The predicted molar refractivity (Wildman–Crippen MR) is 114 cm³/mol. The number of hydrogen-bond donors (Lipinski definition) is 2. The normalized spacial score (nSPS) is 16.7. The molecule has 0 saturated carbocycles. The highest BCUT2D eigenvalue weighted by Crippen LogP contribution is 2.29. The molecule has 0 fully saturated rings. The number of nitrogens with one attached hydrogen (secondary N) is 2. The van der Waals surface area contributed by atoms with Gasteiger partial charge < -0.3 is 15.4 Å². The van der Waals surface area contributed by atoms with E-state index in [1.54, 1.807) is 12.1 Å². The molecule has 0 spiro atoms. The second-order valence-corrected chi connectivity index (χ2v) is 7.35. The van der Waals surface area contributed by atoms with Gasteiger partial charge in [-0.05, 0) is 49.0 Å². The van der Waals surface area contributed by atoms with Crippen molar-refractivity contribution in [1.29, 1.82) is 0 Å². The van der Waals surface area contributed by atoms with Gasteiger partial charge in [-0.15, -0.1) is 0 Å². The second-order valence-electron chi connectivity index (χ2n) is 7.35. The number of benzene rings is 2. The monoisotopic (exact) mass is 406 g/mol. The summed E-state index contributed by atoms with van der Waals surface area (Å²) >= 11 is 0. The highest BCUT2D eigenvalue weighted by atomic mass is 16.5.